The highest BCUT2D eigenvalue weighted by molar-refractivity contribution is 6.03. The minimum Gasteiger partial charge on any atom is -0.480 e. The first-order valence-corrected chi connectivity index (χ1v) is 36.6. The number of carbonyl (C=O) groups is 4. The van der Waals surface area contributed by atoms with Gasteiger partial charge in [-0.15, -0.1) is 0 Å². The fraction of sp³-hybridized carbons (Fsp3) is 0.351. The summed E-state index contributed by atoms with van der Waals surface area (Å²) in [5, 5.41) is 92.0. The summed E-state index contributed by atoms with van der Waals surface area (Å²) in [5.74, 6) is 4.30. The van der Waals surface area contributed by atoms with E-state index in [0.29, 0.717) is 153 Å². The molecule has 0 radical (unpaired) electrons. The number of nitrogens with one attached hydrogen (secondary N) is 12. The number of fused-ring (bicyclic) bond motifs is 4. The maximum atomic E-state index is 12.7. The topological polar surface area (TPSA) is 503 Å². The molecule has 4 unspecified atom stereocenters. The number of amides is 4. The van der Waals surface area contributed by atoms with Crippen LogP contribution in [-0.4, -0.2) is 227 Å². The van der Waals surface area contributed by atoms with Gasteiger partial charge in [0.1, 0.15) is 97.7 Å². The van der Waals surface area contributed by atoms with Crippen molar-refractivity contribution in [3.8, 4) is 23.5 Å². The van der Waals surface area contributed by atoms with E-state index in [1.807, 2.05) is 24.3 Å². The Morgan fingerprint density at radius 2 is 0.649 bits per heavy atom. The van der Waals surface area contributed by atoms with E-state index in [2.05, 4.69) is 124 Å². The third-order valence-corrected chi connectivity index (χ3v) is 19.5. The zero-order valence-corrected chi connectivity index (χ0v) is 62.5. The SMILES string of the molecule is CNc1cc(Nc2cccnc2OC)nc2c(C(=O)NC3CCC3O)cnn12.CNc1cc(Nc2cccnc2OC)nc2c(C(=O)N[C@H]3CC[C@@H]3O)cnn12.CNc1cc(Nc2cccnc2OC2CC2)nc2c(C(=O)NC3CCC3O)cnn12.[2H]C([2H])([2H])Oc1ncccc1Nc1cc(NC)n2ncc(C(=O)N[C@@H]3CC[C@@H]3O)c2n1. The lowest BCUT2D eigenvalue weighted by atomic mass is 9.89. The maximum Gasteiger partial charge on any atom is 0.257 e. The number of hydrogen-bond acceptors (Lipinski definition) is 32. The summed E-state index contributed by atoms with van der Waals surface area (Å²) in [6.07, 6.45) is 18.2. The lowest BCUT2D eigenvalue weighted by Crippen LogP contribution is -2.50. The monoisotopic (exact) mass is 1560 g/mol. The molecule has 114 heavy (non-hydrogen) atoms. The van der Waals surface area contributed by atoms with Crippen LogP contribution in [0.25, 0.3) is 22.6 Å². The molecular formula is C74H86N28O12. The van der Waals surface area contributed by atoms with Gasteiger partial charge in [-0.2, -0.15) is 38.5 Å². The molecule has 0 bridgehead atoms. The minimum absolute atomic E-state index is 0.111. The van der Waals surface area contributed by atoms with Crippen molar-refractivity contribution in [2.75, 3.05) is 92.0 Å². The second-order valence-electron chi connectivity index (χ2n) is 26.9. The largest absolute Gasteiger partial charge is 0.480 e. The summed E-state index contributed by atoms with van der Waals surface area (Å²) in [6.45, 7) is 0. The smallest absolute Gasteiger partial charge is 0.257 e. The summed E-state index contributed by atoms with van der Waals surface area (Å²) < 4.78 is 49.4. The molecule has 5 saturated carbocycles. The fourth-order valence-electron chi connectivity index (χ4n) is 12.4. The standard InChI is InChI=1S/C20H23N7O3.3C18H21N7O3/c1-21-17-9-16(24-14-3-2-8-22-20(14)30-11-4-5-11)26-18-12(10-23-27(17)18)19(29)25-13-6-7-15(13)28;3*1-19-15-8-14(22-12-4-3-7-20-18(12)28-2)24-16-10(9-21-25(15)16)17(27)23-11-5-6-13(11)26/h2-3,8-11,13,15,21,28H,4-7H2,1H3,(H,24,26)(H,25,29);3*3-4,7-9,11,13,19,26H,5-6H2,1-2H3,(H,22,24)(H,23,27)/t;11-,13+;11-,13-;/m.10./s1/i;2D3;;. The second-order valence-corrected chi connectivity index (χ2v) is 26.9. The van der Waals surface area contributed by atoms with Crippen LogP contribution < -0.4 is 82.7 Å². The Hall–Kier alpha value is -13.6. The van der Waals surface area contributed by atoms with Crippen molar-refractivity contribution < 1.29 is 62.7 Å². The quantitative estimate of drug-likeness (QED) is 0.0349. The first-order valence-electron chi connectivity index (χ1n) is 38.1. The molecule has 12 aromatic rings. The van der Waals surface area contributed by atoms with E-state index in [1.165, 1.54) is 49.7 Å². The second kappa shape index (κ2) is 34.3. The summed E-state index contributed by atoms with van der Waals surface area (Å²) in [7, 11) is 7.40. The molecule has 0 spiro atoms. The average Bonchev–Trinajstić information content (AvgIpc) is 1.66. The van der Waals surface area contributed by atoms with E-state index in [4.69, 9.17) is 23.1 Å². The molecule has 0 saturated heterocycles. The van der Waals surface area contributed by atoms with Crippen molar-refractivity contribution in [3.05, 3.63) is 145 Å². The van der Waals surface area contributed by atoms with Crippen LogP contribution in [0.4, 0.5) is 69.3 Å². The molecular weight excluding hydrogens is 1470 g/mol. The Labute approximate surface area is 654 Å². The number of anilines is 12. The summed E-state index contributed by atoms with van der Waals surface area (Å²) in [5.41, 5.74) is 5.00. The van der Waals surface area contributed by atoms with E-state index in [0.717, 1.165) is 32.1 Å². The number of rotatable bonds is 25. The fourth-order valence-corrected chi connectivity index (χ4v) is 12.4. The van der Waals surface area contributed by atoms with E-state index >= 15 is 0 Å². The van der Waals surface area contributed by atoms with Gasteiger partial charge < -0.3 is 103 Å². The van der Waals surface area contributed by atoms with Crippen LogP contribution in [-0.2, 0) is 0 Å². The van der Waals surface area contributed by atoms with Crippen LogP contribution in [0.3, 0.4) is 0 Å². The van der Waals surface area contributed by atoms with Crippen molar-refractivity contribution in [1.82, 2.24) is 99.6 Å². The molecule has 594 valence electrons. The molecule has 12 aromatic heterocycles. The number of ether oxygens (including phenoxy) is 4. The Morgan fingerprint density at radius 3 is 0.877 bits per heavy atom. The Balaban J connectivity index is 0.000000129. The molecule has 4 amide bonds. The van der Waals surface area contributed by atoms with Gasteiger partial charge in [0.2, 0.25) is 23.5 Å². The molecule has 17 rings (SSSR count). The van der Waals surface area contributed by atoms with Crippen molar-refractivity contribution in [2.24, 2.45) is 0 Å². The average molecular weight is 1560 g/mol. The molecule has 5 fully saturated rings. The van der Waals surface area contributed by atoms with E-state index in [9.17, 15) is 39.6 Å². The van der Waals surface area contributed by atoms with Crippen LogP contribution >= 0.6 is 0 Å². The van der Waals surface area contributed by atoms with Gasteiger partial charge in [-0.25, -0.2) is 39.9 Å². The molecule has 5 aliphatic carbocycles. The summed E-state index contributed by atoms with van der Waals surface area (Å²) in [6, 6.07) is 20.1. The first-order chi connectivity index (χ1) is 56.6. The van der Waals surface area contributed by atoms with Crippen molar-refractivity contribution >= 4 is 116 Å². The highest BCUT2D eigenvalue weighted by atomic mass is 16.5. The zero-order valence-electron chi connectivity index (χ0n) is 65.5. The Morgan fingerprint density at radius 1 is 0.386 bits per heavy atom. The molecule has 40 heteroatoms. The van der Waals surface area contributed by atoms with Gasteiger partial charge in [-0.1, -0.05) is 0 Å². The summed E-state index contributed by atoms with van der Waals surface area (Å²) >= 11 is 0. The van der Waals surface area contributed by atoms with Gasteiger partial charge in [-0.3, -0.25) is 19.2 Å². The van der Waals surface area contributed by atoms with Gasteiger partial charge >= 0.3 is 0 Å². The van der Waals surface area contributed by atoms with Crippen LogP contribution in [0, 0.1) is 0 Å². The highest BCUT2D eigenvalue weighted by Crippen LogP contribution is 2.35. The van der Waals surface area contributed by atoms with Gasteiger partial charge in [0.05, 0.1) is 98.7 Å². The Bertz CT molecular complexity index is 5450. The molecule has 40 nitrogen and oxygen atoms in total. The first kappa shape index (κ1) is 73.2. The van der Waals surface area contributed by atoms with Crippen molar-refractivity contribution in [1.29, 1.82) is 0 Å². The zero-order chi connectivity index (χ0) is 82.2. The summed E-state index contributed by atoms with van der Waals surface area (Å²) in [4.78, 5) is 85.5. The number of hydrogen-bond donors (Lipinski definition) is 16. The number of aromatic nitrogens is 16. The Kier molecular flexibility index (Phi) is 22.1. The molecule has 12 heterocycles. The van der Waals surface area contributed by atoms with Gasteiger partial charge in [0, 0.05) is 77.2 Å². The maximum absolute atomic E-state index is 12.7. The van der Waals surface area contributed by atoms with E-state index in [1.54, 1.807) is 109 Å². The number of aliphatic hydroxyl groups is 4. The van der Waals surface area contributed by atoms with Gasteiger partial charge in [0.15, 0.2) is 22.6 Å². The molecule has 0 aliphatic heterocycles. The predicted molar refractivity (Wildman–Crippen MR) is 419 cm³/mol. The molecule has 8 atom stereocenters. The van der Waals surface area contributed by atoms with Crippen molar-refractivity contribution in [3.63, 3.8) is 0 Å². The number of methoxy groups -OCH3 is 3. The van der Waals surface area contributed by atoms with Crippen LogP contribution in [0.2, 0.25) is 0 Å². The molecule has 5 aliphatic rings. The van der Waals surface area contributed by atoms with Crippen molar-refractivity contribution in [2.45, 2.75) is 119 Å². The van der Waals surface area contributed by atoms with Gasteiger partial charge in [0.25, 0.3) is 23.6 Å². The van der Waals surface area contributed by atoms with Crippen LogP contribution in [0.1, 0.15) is 110 Å². The third kappa shape index (κ3) is 16.8. The molecule has 16 N–H and O–H groups in total. The van der Waals surface area contributed by atoms with Crippen LogP contribution in [0.5, 0.6) is 23.5 Å². The van der Waals surface area contributed by atoms with E-state index < -0.39 is 37.4 Å². The molecule has 0 aromatic carbocycles. The number of aliphatic hydroxyl groups excluding tert-OH is 4. The highest BCUT2D eigenvalue weighted by Gasteiger charge is 2.36. The number of nitrogens with zero attached hydrogens (tertiary/aromatic N) is 16. The lowest BCUT2D eigenvalue weighted by Gasteiger charge is -2.32. The number of pyridine rings is 4. The van der Waals surface area contributed by atoms with E-state index in [-0.39, 0.29) is 65.1 Å². The lowest BCUT2D eigenvalue weighted by molar-refractivity contribution is 0.0448. The van der Waals surface area contributed by atoms with Gasteiger partial charge in [-0.05, 0) is 113 Å². The minimum atomic E-state index is -2.67. The third-order valence-electron chi connectivity index (χ3n) is 19.5. The predicted octanol–water partition coefficient (Wildman–Crippen LogP) is 5.22. The normalized spacial score (nSPS) is 19.4. The van der Waals surface area contributed by atoms with Crippen LogP contribution in [0.15, 0.2) is 122 Å². The number of carbonyl (C=O) groups excluding carboxylic acids is 4.